The largest absolute Gasteiger partial charge is 0.467 e. The van der Waals surface area contributed by atoms with E-state index < -0.39 is 5.82 Å². The molecule has 4 nitrogen and oxygen atoms in total. The van der Waals surface area contributed by atoms with Crippen molar-refractivity contribution in [2.75, 3.05) is 11.5 Å². The third kappa shape index (κ3) is 4.03. The Hall–Kier alpha value is -1.95. The Morgan fingerprint density at radius 2 is 2.26 bits per heavy atom. The van der Waals surface area contributed by atoms with Crippen LogP contribution < -0.4 is 11.1 Å². The second kappa shape index (κ2) is 6.29. The summed E-state index contributed by atoms with van der Waals surface area (Å²) in [5.74, 6) is 0.222. The van der Waals surface area contributed by atoms with Gasteiger partial charge in [-0.3, -0.25) is 4.79 Å². The lowest BCUT2D eigenvalue weighted by atomic mass is 10.3. The van der Waals surface area contributed by atoms with Crippen LogP contribution in [0.5, 0.6) is 0 Å². The summed E-state index contributed by atoms with van der Waals surface area (Å²) in [6.07, 6.45) is 1.54. The van der Waals surface area contributed by atoms with E-state index in [1.54, 1.807) is 30.5 Å². The quantitative estimate of drug-likeness (QED) is 0.652. The number of amides is 1. The van der Waals surface area contributed by atoms with Gasteiger partial charge in [-0.1, -0.05) is 0 Å². The highest BCUT2D eigenvalue weighted by Gasteiger charge is 2.07. The third-order valence-corrected chi connectivity index (χ3v) is 3.40. The molecule has 2 aromatic rings. The summed E-state index contributed by atoms with van der Waals surface area (Å²) in [6.45, 7) is 0.330. The zero-order valence-electron chi connectivity index (χ0n) is 10.1. The lowest BCUT2D eigenvalue weighted by Gasteiger charge is -2.05. The van der Waals surface area contributed by atoms with Gasteiger partial charge in [0.15, 0.2) is 0 Å². The minimum atomic E-state index is -0.413. The van der Waals surface area contributed by atoms with E-state index in [0.29, 0.717) is 22.9 Å². The van der Waals surface area contributed by atoms with Crippen LogP contribution in [0.4, 0.5) is 10.1 Å². The van der Waals surface area contributed by atoms with Gasteiger partial charge in [0.25, 0.3) is 0 Å². The van der Waals surface area contributed by atoms with Gasteiger partial charge >= 0.3 is 0 Å². The average Bonchev–Trinajstić information content (AvgIpc) is 2.88. The van der Waals surface area contributed by atoms with Gasteiger partial charge < -0.3 is 15.5 Å². The van der Waals surface area contributed by atoms with Crippen LogP contribution in [0, 0.1) is 5.82 Å². The first-order valence-corrected chi connectivity index (χ1v) is 6.60. The van der Waals surface area contributed by atoms with Crippen LogP contribution in [-0.4, -0.2) is 11.7 Å². The van der Waals surface area contributed by atoms with Crippen LogP contribution in [0.1, 0.15) is 5.76 Å². The first-order chi connectivity index (χ1) is 9.15. The Morgan fingerprint density at radius 3 is 2.95 bits per heavy atom. The van der Waals surface area contributed by atoms with Crippen LogP contribution in [0.15, 0.2) is 45.9 Å². The second-order valence-electron chi connectivity index (χ2n) is 3.83. The number of carbonyl (C=O) groups excluding carboxylic acids is 1. The van der Waals surface area contributed by atoms with E-state index >= 15 is 0 Å². The van der Waals surface area contributed by atoms with Crippen LogP contribution >= 0.6 is 11.8 Å². The summed E-state index contributed by atoms with van der Waals surface area (Å²) in [5.41, 5.74) is 5.81. The molecule has 6 heteroatoms. The molecule has 0 aliphatic rings. The average molecular weight is 280 g/mol. The number of nitrogen functional groups attached to an aromatic ring is 1. The predicted molar refractivity (Wildman–Crippen MR) is 72.1 cm³/mol. The van der Waals surface area contributed by atoms with Crippen molar-refractivity contribution >= 4 is 23.4 Å². The molecule has 1 aromatic carbocycles. The molecule has 100 valence electrons. The minimum Gasteiger partial charge on any atom is -0.467 e. The lowest BCUT2D eigenvalue weighted by Crippen LogP contribution is -2.24. The number of hydrogen-bond donors (Lipinski definition) is 2. The van der Waals surface area contributed by atoms with Crippen molar-refractivity contribution in [3.63, 3.8) is 0 Å². The Labute approximate surface area is 114 Å². The molecule has 0 saturated carbocycles. The fourth-order valence-corrected chi connectivity index (χ4v) is 2.18. The molecule has 0 bridgehead atoms. The van der Waals surface area contributed by atoms with E-state index in [1.165, 1.54) is 6.07 Å². The Balaban J connectivity index is 1.80. The van der Waals surface area contributed by atoms with Crippen LogP contribution in [0.3, 0.4) is 0 Å². The van der Waals surface area contributed by atoms with Crippen molar-refractivity contribution in [2.24, 2.45) is 0 Å². The molecule has 0 atom stereocenters. The highest BCUT2D eigenvalue weighted by Crippen LogP contribution is 2.23. The number of nitrogens with two attached hydrogens (primary N) is 1. The Morgan fingerprint density at radius 1 is 1.42 bits per heavy atom. The molecule has 3 N–H and O–H groups in total. The highest BCUT2D eigenvalue weighted by atomic mass is 32.2. The summed E-state index contributed by atoms with van der Waals surface area (Å²) in [5, 5.41) is 2.69. The molecule has 1 aromatic heterocycles. The maximum absolute atomic E-state index is 13.5. The SMILES string of the molecule is Nc1ccc(SCC(=O)NCc2ccco2)c(F)c1. The molecule has 0 fully saturated rings. The zero-order valence-corrected chi connectivity index (χ0v) is 10.9. The van der Waals surface area contributed by atoms with Crippen molar-refractivity contribution in [1.29, 1.82) is 0 Å². The third-order valence-electron chi connectivity index (χ3n) is 2.35. The van der Waals surface area contributed by atoms with Crippen molar-refractivity contribution in [2.45, 2.75) is 11.4 Å². The monoisotopic (exact) mass is 280 g/mol. The van der Waals surface area contributed by atoms with Crippen LogP contribution in [-0.2, 0) is 11.3 Å². The van der Waals surface area contributed by atoms with Crippen molar-refractivity contribution < 1.29 is 13.6 Å². The van der Waals surface area contributed by atoms with Crippen molar-refractivity contribution in [3.05, 3.63) is 48.2 Å². The summed E-state index contributed by atoms with van der Waals surface area (Å²) >= 11 is 1.13. The van der Waals surface area contributed by atoms with Crippen LogP contribution in [0.2, 0.25) is 0 Å². The molecule has 0 unspecified atom stereocenters. The first-order valence-electron chi connectivity index (χ1n) is 5.62. The summed E-state index contributed by atoms with van der Waals surface area (Å²) in [4.78, 5) is 12.0. The van der Waals surface area contributed by atoms with E-state index in [1.807, 2.05) is 0 Å². The van der Waals surface area contributed by atoms with E-state index in [9.17, 15) is 9.18 Å². The molecule has 1 amide bonds. The normalized spacial score (nSPS) is 10.4. The van der Waals surface area contributed by atoms with Crippen LogP contribution in [0.25, 0.3) is 0 Å². The maximum Gasteiger partial charge on any atom is 0.230 e. The molecule has 0 spiro atoms. The van der Waals surface area contributed by atoms with E-state index in [-0.39, 0.29) is 11.7 Å². The number of thioether (sulfide) groups is 1. The number of halogens is 1. The lowest BCUT2D eigenvalue weighted by molar-refractivity contribution is -0.118. The first kappa shape index (κ1) is 13.5. The molecule has 2 rings (SSSR count). The minimum absolute atomic E-state index is 0.140. The molecule has 19 heavy (non-hydrogen) atoms. The number of rotatable bonds is 5. The van der Waals surface area contributed by atoms with E-state index in [2.05, 4.69) is 5.32 Å². The van der Waals surface area contributed by atoms with Gasteiger partial charge in [-0.15, -0.1) is 11.8 Å². The molecule has 0 aliphatic heterocycles. The standard InChI is InChI=1S/C13H13FN2O2S/c14-11-6-9(15)3-4-12(11)19-8-13(17)16-7-10-2-1-5-18-10/h1-6H,7-8,15H2,(H,16,17). The smallest absolute Gasteiger partial charge is 0.230 e. The molecular weight excluding hydrogens is 267 g/mol. The maximum atomic E-state index is 13.5. The molecule has 1 heterocycles. The predicted octanol–water partition coefficient (Wildman–Crippen LogP) is 2.41. The van der Waals surface area contributed by atoms with Crippen molar-refractivity contribution in [1.82, 2.24) is 5.32 Å². The van der Waals surface area contributed by atoms with Gasteiger partial charge in [0, 0.05) is 10.6 Å². The number of carbonyl (C=O) groups is 1. The molecule has 0 saturated heterocycles. The van der Waals surface area contributed by atoms with Gasteiger partial charge in [0.2, 0.25) is 5.91 Å². The van der Waals surface area contributed by atoms with Gasteiger partial charge in [0.05, 0.1) is 18.6 Å². The van der Waals surface area contributed by atoms with Gasteiger partial charge in [0.1, 0.15) is 11.6 Å². The fourth-order valence-electron chi connectivity index (χ4n) is 1.43. The summed E-state index contributed by atoms with van der Waals surface area (Å²) < 4.78 is 18.5. The second-order valence-corrected chi connectivity index (χ2v) is 4.85. The number of benzene rings is 1. The van der Waals surface area contributed by atoms with Gasteiger partial charge in [-0.2, -0.15) is 0 Å². The fraction of sp³-hybridized carbons (Fsp3) is 0.154. The molecule has 0 aliphatic carbocycles. The van der Waals surface area contributed by atoms with Crippen molar-refractivity contribution in [3.8, 4) is 0 Å². The van der Waals surface area contributed by atoms with Gasteiger partial charge in [-0.25, -0.2) is 4.39 Å². The molecule has 0 radical (unpaired) electrons. The summed E-state index contributed by atoms with van der Waals surface area (Å²) in [6, 6.07) is 7.93. The number of hydrogen-bond acceptors (Lipinski definition) is 4. The zero-order chi connectivity index (χ0) is 13.7. The number of anilines is 1. The molecular formula is C13H13FN2O2S. The number of furan rings is 1. The Bertz CT molecular complexity index is 558. The highest BCUT2D eigenvalue weighted by molar-refractivity contribution is 8.00. The number of nitrogens with one attached hydrogen (secondary N) is 1. The Kier molecular flexibility index (Phi) is 4.46. The summed E-state index contributed by atoms with van der Waals surface area (Å²) in [7, 11) is 0. The van der Waals surface area contributed by atoms with E-state index in [4.69, 9.17) is 10.2 Å². The van der Waals surface area contributed by atoms with E-state index in [0.717, 1.165) is 11.8 Å². The topological polar surface area (TPSA) is 68.3 Å². The van der Waals surface area contributed by atoms with Gasteiger partial charge in [-0.05, 0) is 30.3 Å².